The number of benzene rings is 2. The highest BCUT2D eigenvalue weighted by molar-refractivity contribution is 8.00. The fraction of sp³-hybridized carbons (Fsp3) is 0.350. The van der Waals surface area contributed by atoms with Gasteiger partial charge in [0, 0.05) is 36.1 Å². The van der Waals surface area contributed by atoms with E-state index in [0.717, 1.165) is 42.5 Å². The summed E-state index contributed by atoms with van der Waals surface area (Å²) >= 11 is 7.49. The van der Waals surface area contributed by atoms with Gasteiger partial charge >= 0.3 is 0 Å². The Balaban J connectivity index is 1.57. The summed E-state index contributed by atoms with van der Waals surface area (Å²) in [5, 5.41) is 0.592. The van der Waals surface area contributed by atoms with Gasteiger partial charge in [-0.15, -0.1) is 11.8 Å². The summed E-state index contributed by atoms with van der Waals surface area (Å²) in [6.45, 7) is 5.04. The Hall–Kier alpha value is -1.85. The van der Waals surface area contributed by atoms with Crippen molar-refractivity contribution in [3.63, 3.8) is 0 Å². The molecule has 2 aromatic carbocycles. The molecule has 26 heavy (non-hydrogen) atoms. The van der Waals surface area contributed by atoms with E-state index in [1.165, 1.54) is 0 Å². The maximum atomic E-state index is 12.8. The molecule has 0 aromatic heterocycles. The second-order valence-electron chi connectivity index (χ2n) is 6.20. The van der Waals surface area contributed by atoms with Crippen LogP contribution in [0.1, 0.15) is 6.92 Å². The highest BCUT2D eigenvalue weighted by Crippen LogP contribution is 2.29. The minimum atomic E-state index is -0.117. The minimum absolute atomic E-state index is 0.117. The zero-order chi connectivity index (χ0) is 18.5. The van der Waals surface area contributed by atoms with Gasteiger partial charge < -0.3 is 14.5 Å². The smallest absolute Gasteiger partial charge is 0.235 e. The lowest BCUT2D eigenvalue weighted by Gasteiger charge is -2.37. The van der Waals surface area contributed by atoms with E-state index in [1.54, 1.807) is 18.9 Å². The van der Waals surface area contributed by atoms with E-state index in [1.807, 2.05) is 54.3 Å². The number of anilines is 1. The monoisotopic (exact) mass is 390 g/mol. The van der Waals surface area contributed by atoms with E-state index < -0.39 is 0 Å². The molecule has 2 aromatic rings. The topological polar surface area (TPSA) is 32.8 Å². The summed E-state index contributed by atoms with van der Waals surface area (Å²) in [4.78, 5) is 18.1. The predicted molar refractivity (Wildman–Crippen MR) is 109 cm³/mol. The standard InChI is InChI=1S/C20H23ClN2O2S/c1-15(26-17-9-7-16(21)8-10-17)20(24)23-13-11-22(12-14-23)18-5-3-4-6-19(18)25-2/h3-10,15H,11-14H2,1-2H3/t15-/m0/s1. The molecule has 4 nitrogen and oxygen atoms in total. The Labute approximate surface area is 164 Å². The number of hydrogen-bond acceptors (Lipinski definition) is 4. The molecule has 1 aliphatic rings. The van der Waals surface area contributed by atoms with Crippen LogP contribution < -0.4 is 9.64 Å². The number of ether oxygens (including phenoxy) is 1. The van der Waals surface area contributed by atoms with Crippen molar-refractivity contribution in [2.45, 2.75) is 17.1 Å². The van der Waals surface area contributed by atoms with E-state index in [2.05, 4.69) is 11.0 Å². The average molecular weight is 391 g/mol. The average Bonchev–Trinajstić information content (AvgIpc) is 2.69. The number of rotatable bonds is 5. The molecule has 6 heteroatoms. The van der Waals surface area contributed by atoms with Gasteiger partial charge in [-0.25, -0.2) is 0 Å². The Morgan fingerprint density at radius 1 is 1.08 bits per heavy atom. The first-order chi connectivity index (χ1) is 12.6. The maximum absolute atomic E-state index is 12.8. The summed E-state index contributed by atoms with van der Waals surface area (Å²) < 4.78 is 5.45. The molecule has 1 heterocycles. The number of para-hydroxylation sites is 2. The van der Waals surface area contributed by atoms with Gasteiger partial charge in [0.25, 0.3) is 0 Å². The first kappa shape index (κ1) is 18.9. The normalized spacial score (nSPS) is 15.7. The molecule has 0 spiro atoms. The molecule has 0 unspecified atom stereocenters. The largest absolute Gasteiger partial charge is 0.495 e. The second-order valence-corrected chi connectivity index (χ2v) is 8.05. The van der Waals surface area contributed by atoms with Crippen LogP contribution in [0, 0.1) is 0 Å². The van der Waals surface area contributed by atoms with E-state index >= 15 is 0 Å². The fourth-order valence-corrected chi connectivity index (χ4v) is 4.16. The molecular weight excluding hydrogens is 368 g/mol. The van der Waals surface area contributed by atoms with Gasteiger partial charge in [-0.1, -0.05) is 23.7 Å². The number of carbonyl (C=O) groups excluding carboxylic acids is 1. The number of piperazine rings is 1. The number of hydrogen-bond donors (Lipinski definition) is 0. The Morgan fingerprint density at radius 2 is 1.73 bits per heavy atom. The van der Waals surface area contributed by atoms with Crippen molar-refractivity contribution >= 4 is 35.0 Å². The van der Waals surface area contributed by atoms with Crippen LogP contribution in [0.4, 0.5) is 5.69 Å². The van der Waals surface area contributed by atoms with Gasteiger partial charge in [-0.3, -0.25) is 4.79 Å². The Bertz CT molecular complexity index is 746. The Kier molecular flexibility index (Phi) is 6.33. The lowest BCUT2D eigenvalue weighted by Crippen LogP contribution is -2.50. The maximum Gasteiger partial charge on any atom is 0.235 e. The molecule has 1 atom stereocenters. The molecule has 1 amide bonds. The first-order valence-corrected chi connectivity index (χ1v) is 9.93. The quantitative estimate of drug-likeness (QED) is 0.717. The Morgan fingerprint density at radius 3 is 2.38 bits per heavy atom. The summed E-state index contributed by atoms with van der Waals surface area (Å²) in [7, 11) is 1.69. The van der Waals surface area contributed by atoms with Crippen LogP contribution in [-0.4, -0.2) is 49.3 Å². The van der Waals surface area contributed by atoms with Crippen LogP contribution >= 0.6 is 23.4 Å². The zero-order valence-corrected chi connectivity index (χ0v) is 16.6. The van der Waals surface area contributed by atoms with Crippen LogP contribution in [0.2, 0.25) is 5.02 Å². The van der Waals surface area contributed by atoms with Crippen molar-refractivity contribution in [3.05, 3.63) is 53.6 Å². The van der Waals surface area contributed by atoms with Crippen LogP contribution in [-0.2, 0) is 4.79 Å². The minimum Gasteiger partial charge on any atom is -0.495 e. The molecule has 0 radical (unpaired) electrons. The third kappa shape index (κ3) is 4.46. The van der Waals surface area contributed by atoms with Gasteiger partial charge in [0.05, 0.1) is 18.0 Å². The molecule has 1 aliphatic heterocycles. The molecular formula is C20H23ClN2O2S. The summed E-state index contributed by atoms with van der Waals surface area (Å²) in [6.07, 6.45) is 0. The number of carbonyl (C=O) groups is 1. The fourth-order valence-electron chi connectivity index (χ4n) is 3.08. The SMILES string of the molecule is COc1ccccc1N1CCN(C(=O)[C@H](C)Sc2ccc(Cl)cc2)CC1. The van der Waals surface area contributed by atoms with Gasteiger partial charge in [0.15, 0.2) is 0 Å². The van der Waals surface area contributed by atoms with E-state index in [9.17, 15) is 4.79 Å². The number of methoxy groups -OCH3 is 1. The van der Waals surface area contributed by atoms with Gasteiger partial charge in [0.2, 0.25) is 5.91 Å². The number of amides is 1. The van der Waals surface area contributed by atoms with Gasteiger partial charge in [-0.2, -0.15) is 0 Å². The zero-order valence-electron chi connectivity index (χ0n) is 15.0. The van der Waals surface area contributed by atoms with Crippen LogP contribution in [0.5, 0.6) is 5.75 Å². The van der Waals surface area contributed by atoms with Crippen molar-refractivity contribution < 1.29 is 9.53 Å². The van der Waals surface area contributed by atoms with Crippen molar-refractivity contribution in [3.8, 4) is 5.75 Å². The summed E-state index contributed by atoms with van der Waals surface area (Å²) in [5.41, 5.74) is 1.09. The number of nitrogens with zero attached hydrogens (tertiary/aromatic N) is 2. The van der Waals surface area contributed by atoms with Crippen LogP contribution in [0.25, 0.3) is 0 Å². The molecule has 3 rings (SSSR count). The lowest BCUT2D eigenvalue weighted by atomic mass is 10.2. The van der Waals surface area contributed by atoms with Crippen LogP contribution in [0.15, 0.2) is 53.4 Å². The molecule has 0 bridgehead atoms. The highest BCUT2D eigenvalue weighted by atomic mass is 35.5. The third-order valence-corrected chi connectivity index (χ3v) is 5.84. The van der Waals surface area contributed by atoms with E-state index in [0.29, 0.717) is 5.02 Å². The van der Waals surface area contributed by atoms with Crippen molar-refractivity contribution in [1.29, 1.82) is 0 Å². The lowest BCUT2D eigenvalue weighted by molar-refractivity contribution is -0.130. The molecule has 0 N–H and O–H groups in total. The van der Waals surface area contributed by atoms with Gasteiger partial charge in [0.1, 0.15) is 5.75 Å². The summed E-state index contributed by atoms with van der Waals surface area (Å²) in [5.74, 6) is 1.06. The molecule has 138 valence electrons. The third-order valence-electron chi connectivity index (χ3n) is 4.49. The van der Waals surface area contributed by atoms with Gasteiger partial charge in [-0.05, 0) is 43.3 Å². The van der Waals surface area contributed by atoms with Crippen molar-refractivity contribution in [1.82, 2.24) is 4.90 Å². The first-order valence-electron chi connectivity index (χ1n) is 8.67. The highest BCUT2D eigenvalue weighted by Gasteiger charge is 2.26. The summed E-state index contributed by atoms with van der Waals surface area (Å²) in [6, 6.07) is 15.6. The van der Waals surface area contributed by atoms with Crippen molar-refractivity contribution in [2.24, 2.45) is 0 Å². The van der Waals surface area contributed by atoms with Crippen molar-refractivity contribution in [2.75, 3.05) is 38.2 Å². The molecule has 1 fully saturated rings. The van der Waals surface area contributed by atoms with E-state index in [-0.39, 0.29) is 11.2 Å². The molecule has 0 aliphatic carbocycles. The predicted octanol–water partition coefficient (Wildman–Crippen LogP) is 4.18. The second kappa shape index (κ2) is 8.69. The number of thioether (sulfide) groups is 1. The number of halogens is 1. The van der Waals surface area contributed by atoms with Crippen LogP contribution in [0.3, 0.4) is 0 Å². The molecule has 0 saturated carbocycles. The van der Waals surface area contributed by atoms with E-state index in [4.69, 9.17) is 16.3 Å². The molecule has 1 saturated heterocycles.